The van der Waals surface area contributed by atoms with Crippen LogP contribution in [0.4, 0.5) is 10.2 Å². The molecule has 1 aliphatic heterocycles. The molecule has 14 nitrogen and oxygen atoms in total. The van der Waals surface area contributed by atoms with Crippen LogP contribution in [-0.2, 0) is 32.9 Å². The number of nitrogens with zero attached hydrogens (tertiary/aromatic N) is 2. The first-order valence-corrected chi connectivity index (χ1v) is 13.7. The van der Waals surface area contributed by atoms with Gasteiger partial charge in [-0.25, -0.2) is 19.4 Å². The van der Waals surface area contributed by atoms with Crippen LogP contribution in [0, 0.1) is 5.92 Å². The molecular formula is C22H37FN5O9P. The fourth-order valence-corrected chi connectivity index (χ4v) is 5.36. The Hall–Kier alpha value is -2.42. The molecule has 1 aromatic rings. The number of nitrogen functional groups attached to an aromatic ring is 1. The lowest BCUT2D eigenvalue weighted by Gasteiger charge is -2.30. The van der Waals surface area contributed by atoms with Crippen molar-refractivity contribution in [2.75, 3.05) is 12.3 Å². The summed E-state index contributed by atoms with van der Waals surface area (Å²) >= 11 is 0. The second-order valence-electron chi connectivity index (χ2n) is 9.64. The summed E-state index contributed by atoms with van der Waals surface area (Å²) in [4.78, 5) is 40.4. The number of aromatic nitrogens is 2. The Morgan fingerprint density at radius 1 is 1.18 bits per heavy atom. The van der Waals surface area contributed by atoms with Gasteiger partial charge < -0.3 is 25.1 Å². The Kier molecular flexibility index (Phi) is 10.6. The predicted octanol–water partition coefficient (Wildman–Crippen LogP) is 1.00. The zero-order valence-corrected chi connectivity index (χ0v) is 23.3. The third kappa shape index (κ3) is 8.04. The van der Waals surface area contributed by atoms with Crippen LogP contribution in [0.3, 0.4) is 0 Å². The molecule has 16 heteroatoms. The van der Waals surface area contributed by atoms with Crippen LogP contribution in [0.15, 0.2) is 17.1 Å². The number of hydrogen-bond donors (Lipinski definition) is 4. The molecule has 2 heterocycles. The van der Waals surface area contributed by atoms with Crippen molar-refractivity contribution in [3.63, 3.8) is 0 Å². The van der Waals surface area contributed by atoms with E-state index in [2.05, 4.69) is 15.2 Å². The van der Waals surface area contributed by atoms with E-state index in [4.69, 9.17) is 24.5 Å². The van der Waals surface area contributed by atoms with Crippen molar-refractivity contribution >= 4 is 25.4 Å². The van der Waals surface area contributed by atoms with Crippen LogP contribution in [0.2, 0.25) is 0 Å². The van der Waals surface area contributed by atoms with E-state index in [1.54, 1.807) is 27.7 Å². The van der Waals surface area contributed by atoms with Crippen LogP contribution in [0.1, 0.15) is 54.7 Å². The number of carbonyl (C=O) groups is 2. The predicted molar refractivity (Wildman–Crippen MR) is 133 cm³/mol. The van der Waals surface area contributed by atoms with Gasteiger partial charge in [-0.15, -0.1) is 0 Å². The largest absolute Gasteiger partial charge is 0.462 e. The molecule has 0 unspecified atom stereocenters. The molecule has 2 rings (SSSR count). The van der Waals surface area contributed by atoms with Crippen molar-refractivity contribution < 1.29 is 42.4 Å². The maximum Gasteiger partial charge on any atom is 0.351 e. The maximum atomic E-state index is 15.9. The van der Waals surface area contributed by atoms with Gasteiger partial charge in [-0.3, -0.25) is 23.2 Å². The lowest BCUT2D eigenvalue weighted by molar-refractivity contribution is -0.203. The van der Waals surface area contributed by atoms with Crippen LogP contribution in [-0.4, -0.2) is 69.5 Å². The number of nitrogens with one attached hydrogen (secondary N) is 2. The number of alkyl halides is 1. The number of rotatable bonds is 12. The van der Waals surface area contributed by atoms with E-state index in [0.29, 0.717) is 0 Å². The average molecular weight is 566 g/mol. The molecule has 0 aliphatic carbocycles. The number of aliphatic hydroxyl groups is 1. The first-order valence-electron chi connectivity index (χ1n) is 12.1. The molecule has 1 aromatic heterocycles. The second-order valence-corrected chi connectivity index (χ2v) is 11.5. The molecule has 0 amide bonds. The van der Waals surface area contributed by atoms with Crippen LogP contribution < -0.4 is 21.6 Å². The Balaban J connectivity index is 2.27. The molecule has 1 saturated heterocycles. The minimum absolute atomic E-state index is 0.0550. The summed E-state index contributed by atoms with van der Waals surface area (Å²) < 4.78 is 51.4. The van der Waals surface area contributed by atoms with Gasteiger partial charge in [0.1, 0.15) is 36.8 Å². The Bertz CT molecular complexity index is 1070. The van der Waals surface area contributed by atoms with Crippen molar-refractivity contribution in [3.05, 3.63) is 22.7 Å². The molecule has 0 spiro atoms. The lowest BCUT2D eigenvalue weighted by atomic mass is 10.0. The Labute approximate surface area is 219 Å². The molecule has 0 bridgehead atoms. The van der Waals surface area contributed by atoms with E-state index in [0.717, 1.165) is 4.57 Å². The fourth-order valence-electron chi connectivity index (χ4n) is 3.55. The number of nitrogens with two attached hydrogens (primary N) is 1. The summed E-state index contributed by atoms with van der Waals surface area (Å²) in [6, 6.07) is -1.11. The number of halogens is 1. The minimum atomic E-state index is -4.41. The van der Waals surface area contributed by atoms with Crippen LogP contribution in [0.5, 0.6) is 0 Å². The normalized spacial score (nSPS) is 25.4. The van der Waals surface area contributed by atoms with Gasteiger partial charge in [-0.2, -0.15) is 4.98 Å². The maximum absolute atomic E-state index is 15.9. The fraction of sp³-hybridized carbons (Fsp3) is 0.727. The summed E-state index contributed by atoms with van der Waals surface area (Å²) in [5, 5.41) is 15.5. The highest BCUT2D eigenvalue weighted by atomic mass is 31.2. The highest BCUT2D eigenvalue weighted by Gasteiger charge is 2.56. The topological polar surface area (TPSA) is 193 Å². The molecule has 1 fully saturated rings. The summed E-state index contributed by atoms with van der Waals surface area (Å²) in [5.74, 6) is -5.52. The van der Waals surface area contributed by atoms with Gasteiger partial charge in [0.05, 0.1) is 12.2 Å². The first-order chi connectivity index (χ1) is 17.5. The average Bonchev–Trinajstić information content (AvgIpc) is 3.01. The minimum Gasteiger partial charge on any atom is -0.462 e. The summed E-state index contributed by atoms with van der Waals surface area (Å²) in [6.07, 6.45) is -2.82. The first kappa shape index (κ1) is 31.8. The molecule has 38 heavy (non-hydrogen) atoms. The zero-order valence-electron chi connectivity index (χ0n) is 22.4. The highest BCUT2D eigenvalue weighted by Crippen LogP contribution is 2.46. The summed E-state index contributed by atoms with van der Waals surface area (Å²) in [6.45, 7) is 9.48. The number of hydrogen-bond acceptors (Lipinski definition) is 11. The second kappa shape index (κ2) is 12.6. The van der Waals surface area contributed by atoms with E-state index in [1.165, 1.54) is 33.0 Å². The number of carbonyl (C=O) groups excluding carboxylic acids is 2. The van der Waals surface area contributed by atoms with Crippen LogP contribution in [0.25, 0.3) is 0 Å². The molecule has 5 N–H and O–H groups in total. The molecule has 0 saturated carbocycles. The monoisotopic (exact) mass is 565 g/mol. The standard InChI is InChI=1S/C22H37FN5O9P/c1-11(2)35-19(30)14(6)26-38(33,27-15(7)20(31)36-12(3)4)34-10-22(23)17(29)13(5)18(37-22)28-9-8-16(24)25-21(28)32/h8-9,11-15,17-18,29H,10H2,1-7H3,(H2,24,25,32)(H2,26,27,33)/t13-,14-,15-,17-,18+,22+/m0/s1. The van der Waals surface area contributed by atoms with Crippen molar-refractivity contribution in [2.24, 2.45) is 5.92 Å². The molecule has 0 radical (unpaired) electrons. The third-order valence-corrected chi connectivity index (χ3v) is 7.36. The van der Waals surface area contributed by atoms with Gasteiger partial charge in [0.2, 0.25) is 0 Å². The highest BCUT2D eigenvalue weighted by molar-refractivity contribution is 7.54. The van der Waals surface area contributed by atoms with Gasteiger partial charge in [-0.05, 0) is 47.6 Å². The Morgan fingerprint density at radius 3 is 2.13 bits per heavy atom. The van der Waals surface area contributed by atoms with Crippen molar-refractivity contribution in [2.45, 2.75) is 90.9 Å². The number of aliphatic hydroxyl groups excluding tert-OH is 1. The number of anilines is 1. The van der Waals surface area contributed by atoms with Gasteiger partial charge in [0, 0.05) is 12.1 Å². The number of esters is 2. The molecular weight excluding hydrogens is 528 g/mol. The SMILES string of the molecule is CC(C)OC(=O)[C@H](C)NP(=O)(N[C@@H](C)C(=O)OC(C)C)OC[C@@]1(F)O[C@@H](n2ccc(N)nc2=O)[C@@H](C)[C@@H]1O. The third-order valence-electron chi connectivity index (χ3n) is 5.41. The van der Waals surface area contributed by atoms with Gasteiger partial charge in [0.25, 0.3) is 5.85 Å². The van der Waals surface area contributed by atoms with E-state index in [9.17, 15) is 24.1 Å². The van der Waals surface area contributed by atoms with E-state index < -0.39 is 80.3 Å². The van der Waals surface area contributed by atoms with E-state index >= 15 is 4.39 Å². The van der Waals surface area contributed by atoms with Gasteiger partial charge in [0.15, 0.2) is 0 Å². The van der Waals surface area contributed by atoms with Gasteiger partial charge >= 0.3 is 25.3 Å². The van der Waals surface area contributed by atoms with E-state index in [-0.39, 0.29) is 5.82 Å². The molecule has 216 valence electrons. The summed E-state index contributed by atoms with van der Waals surface area (Å²) in [7, 11) is -4.41. The van der Waals surface area contributed by atoms with Crippen molar-refractivity contribution in [3.8, 4) is 0 Å². The number of ether oxygens (including phenoxy) is 3. The van der Waals surface area contributed by atoms with Crippen LogP contribution >= 0.6 is 7.67 Å². The smallest absolute Gasteiger partial charge is 0.351 e. The summed E-state index contributed by atoms with van der Waals surface area (Å²) in [5.41, 5.74) is 4.66. The lowest BCUT2D eigenvalue weighted by Crippen LogP contribution is -2.46. The molecule has 6 atom stereocenters. The Morgan fingerprint density at radius 2 is 1.68 bits per heavy atom. The van der Waals surface area contributed by atoms with Gasteiger partial charge in [-0.1, -0.05) is 6.92 Å². The zero-order chi connectivity index (χ0) is 29.0. The molecule has 1 aliphatic rings. The van der Waals surface area contributed by atoms with Crippen molar-refractivity contribution in [1.82, 2.24) is 19.7 Å². The van der Waals surface area contributed by atoms with E-state index in [1.807, 2.05) is 0 Å². The molecule has 0 aromatic carbocycles. The quantitative estimate of drug-likeness (QED) is 0.207. The van der Waals surface area contributed by atoms with Crippen molar-refractivity contribution in [1.29, 1.82) is 0 Å².